The molecule has 0 bridgehead atoms. The maximum atomic E-state index is 11.3. The highest BCUT2D eigenvalue weighted by molar-refractivity contribution is 5.85. The van der Waals surface area contributed by atoms with Crippen molar-refractivity contribution in [3.63, 3.8) is 0 Å². The van der Waals surface area contributed by atoms with Gasteiger partial charge in [0.25, 0.3) is 0 Å². The van der Waals surface area contributed by atoms with E-state index in [9.17, 15) is 4.79 Å². The Morgan fingerprint density at radius 2 is 2.32 bits per heavy atom. The van der Waals surface area contributed by atoms with Gasteiger partial charge in [-0.25, -0.2) is 4.79 Å². The first-order chi connectivity index (χ1) is 9.24. The lowest BCUT2D eigenvalue weighted by Crippen LogP contribution is -2.13. The maximum absolute atomic E-state index is 11.3. The van der Waals surface area contributed by atoms with E-state index in [4.69, 9.17) is 9.47 Å². The number of ether oxygens (including phenoxy) is 2. The number of amides is 1. The smallest absolute Gasteiger partial charge is 0.411 e. The van der Waals surface area contributed by atoms with Crippen molar-refractivity contribution in [2.24, 2.45) is 0 Å². The van der Waals surface area contributed by atoms with Crippen LogP contribution >= 0.6 is 0 Å². The van der Waals surface area contributed by atoms with Crippen LogP contribution in [0.1, 0.15) is 6.92 Å². The zero-order valence-corrected chi connectivity index (χ0v) is 10.5. The Morgan fingerprint density at radius 3 is 2.95 bits per heavy atom. The number of methoxy groups -OCH3 is 1. The molecule has 2 aromatic rings. The van der Waals surface area contributed by atoms with Crippen molar-refractivity contribution in [3.05, 3.63) is 24.5 Å². The number of carbonyl (C=O) groups is 1. The molecule has 1 heterocycles. The van der Waals surface area contributed by atoms with Crippen molar-refractivity contribution in [1.29, 1.82) is 0 Å². The van der Waals surface area contributed by atoms with E-state index < -0.39 is 6.09 Å². The molecule has 1 aromatic heterocycles. The molecule has 0 aliphatic carbocycles. The number of hydrogen-bond acceptors (Lipinski definition) is 6. The number of rotatable bonds is 4. The van der Waals surface area contributed by atoms with Gasteiger partial charge in [0.05, 0.1) is 13.7 Å². The quantitative estimate of drug-likeness (QED) is 0.892. The molecule has 8 nitrogen and oxygen atoms in total. The number of benzene rings is 1. The Kier molecular flexibility index (Phi) is 3.91. The van der Waals surface area contributed by atoms with Crippen molar-refractivity contribution in [3.8, 4) is 11.4 Å². The average Bonchev–Trinajstić information content (AvgIpc) is 2.92. The Labute approximate surface area is 109 Å². The van der Waals surface area contributed by atoms with Crippen LogP contribution in [-0.4, -0.2) is 40.0 Å². The van der Waals surface area contributed by atoms with E-state index in [1.165, 1.54) is 18.1 Å². The Bertz CT molecular complexity index is 555. The second-order valence-corrected chi connectivity index (χ2v) is 3.49. The van der Waals surface area contributed by atoms with Crippen molar-refractivity contribution in [2.45, 2.75) is 6.92 Å². The number of tetrazole rings is 1. The fraction of sp³-hybridized carbons (Fsp3) is 0.273. The predicted molar refractivity (Wildman–Crippen MR) is 66.4 cm³/mol. The Balaban J connectivity index is 2.24. The molecule has 0 aliphatic heterocycles. The first-order valence-corrected chi connectivity index (χ1v) is 5.59. The van der Waals surface area contributed by atoms with Gasteiger partial charge in [0.2, 0.25) is 0 Å². The lowest BCUT2D eigenvalue weighted by atomic mass is 10.2. The number of carbonyl (C=O) groups excluding carboxylic acids is 1. The zero-order chi connectivity index (χ0) is 13.7. The van der Waals surface area contributed by atoms with E-state index in [0.717, 1.165) is 0 Å². The summed E-state index contributed by atoms with van der Waals surface area (Å²) in [7, 11) is 1.53. The topological polar surface area (TPSA) is 91.2 Å². The van der Waals surface area contributed by atoms with Crippen LogP contribution in [0.3, 0.4) is 0 Å². The summed E-state index contributed by atoms with van der Waals surface area (Å²) in [6.45, 7) is 2.05. The predicted octanol–water partition coefficient (Wildman–Crippen LogP) is 1.24. The first-order valence-electron chi connectivity index (χ1n) is 5.59. The molecular formula is C11H13N5O3. The van der Waals surface area contributed by atoms with Crippen LogP contribution in [-0.2, 0) is 4.74 Å². The molecule has 0 radical (unpaired) electrons. The lowest BCUT2D eigenvalue weighted by molar-refractivity contribution is 0.168. The van der Waals surface area contributed by atoms with Gasteiger partial charge < -0.3 is 9.47 Å². The van der Waals surface area contributed by atoms with Crippen LogP contribution in [0, 0.1) is 0 Å². The number of nitrogens with zero attached hydrogens (tertiary/aromatic N) is 4. The van der Waals surface area contributed by atoms with Crippen LogP contribution in [0.15, 0.2) is 24.5 Å². The van der Waals surface area contributed by atoms with Crippen LogP contribution < -0.4 is 10.1 Å². The van der Waals surface area contributed by atoms with E-state index in [0.29, 0.717) is 23.7 Å². The summed E-state index contributed by atoms with van der Waals surface area (Å²) in [5.41, 5.74) is 1.23. The highest BCUT2D eigenvalue weighted by atomic mass is 16.5. The molecule has 0 aliphatic rings. The number of nitrogens with one attached hydrogen (secondary N) is 1. The SMILES string of the molecule is CCOC(=O)Nc1ccc(-n2cnnn2)c(OC)c1. The minimum Gasteiger partial charge on any atom is -0.494 e. The van der Waals surface area contributed by atoms with Gasteiger partial charge in [-0.3, -0.25) is 5.32 Å². The van der Waals surface area contributed by atoms with Gasteiger partial charge in [0.1, 0.15) is 17.8 Å². The summed E-state index contributed by atoms with van der Waals surface area (Å²) in [5.74, 6) is 0.529. The zero-order valence-electron chi connectivity index (χ0n) is 10.5. The second-order valence-electron chi connectivity index (χ2n) is 3.49. The molecule has 0 fully saturated rings. The summed E-state index contributed by atoms with van der Waals surface area (Å²) >= 11 is 0. The molecule has 1 aromatic carbocycles. The van der Waals surface area contributed by atoms with E-state index in [1.807, 2.05) is 0 Å². The molecule has 2 rings (SSSR count). The van der Waals surface area contributed by atoms with Crippen LogP contribution in [0.5, 0.6) is 5.75 Å². The molecule has 0 atom stereocenters. The van der Waals surface area contributed by atoms with Crippen LogP contribution in [0.25, 0.3) is 5.69 Å². The number of aromatic nitrogens is 4. The van der Waals surface area contributed by atoms with E-state index in [2.05, 4.69) is 20.8 Å². The summed E-state index contributed by atoms with van der Waals surface area (Å²) < 4.78 is 11.5. The maximum Gasteiger partial charge on any atom is 0.411 e. The molecule has 0 spiro atoms. The average molecular weight is 263 g/mol. The summed E-state index contributed by atoms with van der Waals surface area (Å²) in [4.78, 5) is 11.3. The van der Waals surface area contributed by atoms with E-state index >= 15 is 0 Å². The van der Waals surface area contributed by atoms with Crippen molar-refractivity contribution in [1.82, 2.24) is 20.2 Å². The molecule has 8 heteroatoms. The highest BCUT2D eigenvalue weighted by Gasteiger charge is 2.09. The van der Waals surface area contributed by atoms with Gasteiger partial charge in [-0.2, -0.15) is 4.68 Å². The minimum absolute atomic E-state index is 0.311. The Hall–Kier alpha value is -2.64. The third-order valence-electron chi connectivity index (χ3n) is 2.30. The highest BCUT2D eigenvalue weighted by Crippen LogP contribution is 2.25. The van der Waals surface area contributed by atoms with Crippen molar-refractivity contribution >= 4 is 11.8 Å². The molecule has 19 heavy (non-hydrogen) atoms. The normalized spacial score (nSPS) is 10.0. The van der Waals surface area contributed by atoms with Gasteiger partial charge in [0, 0.05) is 11.8 Å². The van der Waals surface area contributed by atoms with Gasteiger partial charge in [0.15, 0.2) is 0 Å². The third-order valence-corrected chi connectivity index (χ3v) is 2.30. The summed E-state index contributed by atoms with van der Waals surface area (Å²) in [6.07, 6.45) is 0.941. The van der Waals surface area contributed by atoms with Crippen LogP contribution in [0.2, 0.25) is 0 Å². The molecule has 100 valence electrons. The molecule has 0 saturated carbocycles. The molecule has 0 saturated heterocycles. The van der Waals surface area contributed by atoms with Gasteiger partial charge in [-0.1, -0.05) is 0 Å². The molecule has 1 N–H and O–H groups in total. The monoisotopic (exact) mass is 263 g/mol. The molecule has 0 unspecified atom stereocenters. The fourth-order valence-electron chi connectivity index (χ4n) is 1.50. The minimum atomic E-state index is -0.514. The van der Waals surface area contributed by atoms with E-state index in [-0.39, 0.29) is 0 Å². The second kappa shape index (κ2) is 5.80. The summed E-state index contributed by atoms with van der Waals surface area (Å²) in [5, 5.41) is 13.5. The van der Waals surface area contributed by atoms with Crippen LogP contribution in [0.4, 0.5) is 10.5 Å². The Morgan fingerprint density at radius 1 is 1.47 bits per heavy atom. The number of anilines is 1. The standard InChI is InChI=1S/C11H13N5O3/c1-3-19-11(17)13-8-4-5-9(10(6-8)18-2)16-7-12-14-15-16/h4-7H,3H2,1-2H3,(H,13,17). The molecule has 1 amide bonds. The van der Waals surface area contributed by atoms with Crippen molar-refractivity contribution in [2.75, 3.05) is 19.0 Å². The fourth-order valence-corrected chi connectivity index (χ4v) is 1.50. The largest absolute Gasteiger partial charge is 0.494 e. The third kappa shape index (κ3) is 2.97. The molecular weight excluding hydrogens is 250 g/mol. The number of hydrogen-bond donors (Lipinski definition) is 1. The van der Waals surface area contributed by atoms with Gasteiger partial charge in [-0.05, 0) is 29.5 Å². The first kappa shape index (κ1) is 12.8. The van der Waals surface area contributed by atoms with Gasteiger partial charge >= 0.3 is 6.09 Å². The lowest BCUT2D eigenvalue weighted by Gasteiger charge is -2.10. The van der Waals surface area contributed by atoms with E-state index in [1.54, 1.807) is 25.1 Å². The van der Waals surface area contributed by atoms with Crippen molar-refractivity contribution < 1.29 is 14.3 Å². The summed E-state index contributed by atoms with van der Waals surface area (Å²) in [6, 6.07) is 5.10. The van der Waals surface area contributed by atoms with Gasteiger partial charge in [-0.15, -0.1) is 5.10 Å².